The molecule has 2 rings (SSSR count). The first kappa shape index (κ1) is 9.77. The van der Waals surface area contributed by atoms with Crippen LogP contribution in [0.1, 0.15) is 22.3 Å². The van der Waals surface area contributed by atoms with Gasteiger partial charge in [0.25, 0.3) is 0 Å². The quantitative estimate of drug-likeness (QED) is 0.714. The van der Waals surface area contributed by atoms with Gasteiger partial charge in [0.05, 0.1) is 13.4 Å². The Balaban J connectivity index is 2.46. The zero-order valence-electron chi connectivity index (χ0n) is 8.49. The van der Waals surface area contributed by atoms with Crippen LogP contribution < -0.4 is 4.74 Å². The second-order valence-corrected chi connectivity index (χ2v) is 3.59. The van der Waals surface area contributed by atoms with Gasteiger partial charge >= 0.3 is 0 Å². The summed E-state index contributed by atoms with van der Waals surface area (Å²) in [5.41, 5.74) is 2.41. The van der Waals surface area contributed by atoms with Gasteiger partial charge in [0, 0.05) is 12.0 Å². The SMILES string of the molecule is COc1ccc2c(c1)C/C(=C\O)CC2=O. The van der Waals surface area contributed by atoms with Crippen molar-refractivity contribution in [2.75, 3.05) is 7.11 Å². The van der Waals surface area contributed by atoms with Gasteiger partial charge in [-0.1, -0.05) is 0 Å². The fraction of sp³-hybridized carbons (Fsp3) is 0.250. The molecule has 0 radical (unpaired) electrons. The Bertz CT molecular complexity index is 432. The van der Waals surface area contributed by atoms with Gasteiger partial charge in [0.2, 0.25) is 0 Å². The average Bonchev–Trinajstić information content (AvgIpc) is 2.28. The molecule has 0 atom stereocenters. The van der Waals surface area contributed by atoms with Crippen molar-refractivity contribution in [3.05, 3.63) is 41.2 Å². The van der Waals surface area contributed by atoms with E-state index in [1.807, 2.05) is 6.07 Å². The maximum absolute atomic E-state index is 11.7. The normalized spacial score (nSPS) is 17.7. The van der Waals surface area contributed by atoms with Gasteiger partial charge in [-0.2, -0.15) is 0 Å². The molecule has 1 aromatic rings. The predicted octanol–water partition coefficient (Wildman–Crippen LogP) is 2.27. The number of aliphatic hydroxyl groups is 1. The van der Waals surface area contributed by atoms with Crippen LogP contribution in [0.2, 0.25) is 0 Å². The summed E-state index contributed by atoms with van der Waals surface area (Å²) in [4.78, 5) is 11.7. The number of hydrogen-bond acceptors (Lipinski definition) is 3. The molecular weight excluding hydrogens is 192 g/mol. The first-order chi connectivity index (χ1) is 7.24. The summed E-state index contributed by atoms with van der Waals surface area (Å²) in [5, 5.41) is 8.92. The van der Waals surface area contributed by atoms with Crippen molar-refractivity contribution in [1.82, 2.24) is 0 Å². The third kappa shape index (κ3) is 1.73. The second kappa shape index (κ2) is 3.77. The van der Waals surface area contributed by atoms with E-state index in [1.54, 1.807) is 19.2 Å². The first-order valence-electron chi connectivity index (χ1n) is 4.77. The highest BCUT2D eigenvalue weighted by atomic mass is 16.5. The number of carbonyl (C=O) groups excluding carboxylic acids is 1. The van der Waals surface area contributed by atoms with Crippen molar-refractivity contribution in [2.24, 2.45) is 0 Å². The lowest BCUT2D eigenvalue weighted by Gasteiger charge is -2.17. The fourth-order valence-electron chi connectivity index (χ4n) is 1.82. The lowest BCUT2D eigenvalue weighted by atomic mass is 9.87. The summed E-state index contributed by atoms with van der Waals surface area (Å²) in [6, 6.07) is 5.41. The van der Waals surface area contributed by atoms with E-state index in [4.69, 9.17) is 9.84 Å². The summed E-state index contributed by atoms with van der Waals surface area (Å²) in [6.07, 6.45) is 1.96. The Morgan fingerprint density at radius 3 is 2.87 bits per heavy atom. The van der Waals surface area contributed by atoms with Gasteiger partial charge in [-0.05, 0) is 35.8 Å². The van der Waals surface area contributed by atoms with Crippen LogP contribution in [0.15, 0.2) is 30.0 Å². The van der Waals surface area contributed by atoms with Crippen LogP contribution in [0.25, 0.3) is 0 Å². The van der Waals surface area contributed by atoms with Gasteiger partial charge in [0.1, 0.15) is 5.75 Å². The largest absolute Gasteiger partial charge is 0.516 e. The van der Waals surface area contributed by atoms with Crippen molar-refractivity contribution < 1.29 is 14.6 Å². The molecule has 1 aliphatic rings. The smallest absolute Gasteiger partial charge is 0.167 e. The molecule has 1 aliphatic carbocycles. The highest BCUT2D eigenvalue weighted by molar-refractivity contribution is 6.00. The standard InChI is InChI=1S/C12H12O3/c1-15-10-2-3-11-9(6-10)4-8(7-13)5-12(11)14/h2-3,6-7,13H,4-5H2,1H3/b8-7+. The maximum atomic E-state index is 11.7. The summed E-state index contributed by atoms with van der Waals surface area (Å²) < 4.78 is 5.09. The highest BCUT2D eigenvalue weighted by Gasteiger charge is 2.20. The van der Waals surface area contributed by atoms with Crippen LogP contribution >= 0.6 is 0 Å². The monoisotopic (exact) mass is 204 g/mol. The van der Waals surface area contributed by atoms with Crippen molar-refractivity contribution in [3.63, 3.8) is 0 Å². The van der Waals surface area contributed by atoms with E-state index in [1.165, 1.54) is 0 Å². The molecule has 0 fully saturated rings. The average molecular weight is 204 g/mol. The van der Waals surface area contributed by atoms with E-state index < -0.39 is 0 Å². The van der Waals surface area contributed by atoms with Gasteiger partial charge in [-0.3, -0.25) is 4.79 Å². The molecule has 0 spiro atoms. The number of aliphatic hydroxyl groups excluding tert-OH is 1. The number of Topliss-reactive ketones (excluding diaryl/α,β-unsaturated/α-hetero) is 1. The number of methoxy groups -OCH3 is 1. The molecule has 0 saturated heterocycles. The Kier molecular flexibility index (Phi) is 2.46. The van der Waals surface area contributed by atoms with Crippen molar-refractivity contribution >= 4 is 5.78 Å². The highest BCUT2D eigenvalue weighted by Crippen LogP contribution is 2.27. The predicted molar refractivity (Wildman–Crippen MR) is 56.4 cm³/mol. The molecule has 15 heavy (non-hydrogen) atoms. The molecule has 3 nitrogen and oxygen atoms in total. The van der Waals surface area contributed by atoms with Crippen LogP contribution in [0, 0.1) is 0 Å². The number of allylic oxidation sites excluding steroid dienone is 1. The fourth-order valence-corrected chi connectivity index (χ4v) is 1.82. The maximum Gasteiger partial charge on any atom is 0.167 e. The number of rotatable bonds is 1. The molecule has 78 valence electrons. The van der Waals surface area contributed by atoms with Crippen LogP contribution in [0.5, 0.6) is 5.75 Å². The topological polar surface area (TPSA) is 46.5 Å². The molecule has 0 unspecified atom stereocenters. The summed E-state index contributed by atoms with van der Waals surface area (Å²) in [7, 11) is 1.59. The van der Waals surface area contributed by atoms with E-state index in [0.29, 0.717) is 12.8 Å². The Morgan fingerprint density at radius 2 is 2.20 bits per heavy atom. The van der Waals surface area contributed by atoms with E-state index in [-0.39, 0.29) is 5.78 Å². The molecular formula is C12H12O3. The Hall–Kier alpha value is -1.77. The zero-order valence-corrected chi connectivity index (χ0v) is 8.49. The Morgan fingerprint density at radius 1 is 1.40 bits per heavy atom. The van der Waals surface area contributed by atoms with E-state index in [2.05, 4.69) is 0 Å². The minimum absolute atomic E-state index is 0.0548. The number of ketones is 1. The van der Waals surface area contributed by atoms with Gasteiger partial charge < -0.3 is 9.84 Å². The molecule has 1 aromatic carbocycles. The van der Waals surface area contributed by atoms with Crippen molar-refractivity contribution in [1.29, 1.82) is 0 Å². The number of benzene rings is 1. The number of fused-ring (bicyclic) bond motifs is 1. The van der Waals surface area contributed by atoms with Crippen LogP contribution in [-0.4, -0.2) is 18.0 Å². The minimum Gasteiger partial charge on any atom is -0.516 e. The third-order valence-corrected chi connectivity index (χ3v) is 2.60. The molecule has 3 heteroatoms. The molecule has 0 aliphatic heterocycles. The van der Waals surface area contributed by atoms with Gasteiger partial charge in [-0.15, -0.1) is 0 Å². The van der Waals surface area contributed by atoms with E-state index in [0.717, 1.165) is 28.7 Å². The zero-order chi connectivity index (χ0) is 10.8. The third-order valence-electron chi connectivity index (χ3n) is 2.60. The summed E-state index contributed by atoms with van der Waals surface area (Å²) >= 11 is 0. The van der Waals surface area contributed by atoms with E-state index in [9.17, 15) is 4.79 Å². The molecule has 0 amide bonds. The minimum atomic E-state index is 0.0548. The lowest BCUT2D eigenvalue weighted by Crippen LogP contribution is -2.13. The molecule has 0 bridgehead atoms. The second-order valence-electron chi connectivity index (χ2n) is 3.59. The molecule has 0 aromatic heterocycles. The molecule has 0 saturated carbocycles. The number of carbonyl (C=O) groups is 1. The van der Waals surface area contributed by atoms with Crippen molar-refractivity contribution in [2.45, 2.75) is 12.8 Å². The van der Waals surface area contributed by atoms with Gasteiger partial charge in [-0.25, -0.2) is 0 Å². The number of ether oxygens (including phenoxy) is 1. The summed E-state index contributed by atoms with van der Waals surface area (Å²) in [5.74, 6) is 0.792. The Labute approximate surface area is 88.0 Å². The van der Waals surface area contributed by atoms with Crippen LogP contribution in [0.4, 0.5) is 0 Å². The van der Waals surface area contributed by atoms with Crippen LogP contribution in [0.3, 0.4) is 0 Å². The van der Waals surface area contributed by atoms with Crippen molar-refractivity contribution in [3.8, 4) is 5.75 Å². The van der Waals surface area contributed by atoms with E-state index >= 15 is 0 Å². The summed E-state index contributed by atoms with van der Waals surface area (Å²) in [6.45, 7) is 0. The van der Waals surface area contributed by atoms with Crippen LogP contribution in [-0.2, 0) is 6.42 Å². The molecule has 0 heterocycles. The number of hydrogen-bond donors (Lipinski definition) is 1. The lowest BCUT2D eigenvalue weighted by molar-refractivity contribution is 0.0986. The first-order valence-corrected chi connectivity index (χ1v) is 4.77. The van der Waals surface area contributed by atoms with Gasteiger partial charge in [0.15, 0.2) is 5.78 Å². The molecule has 1 N–H and O–H groups in total.